The maximum Gasteiger partial charge on any atom is 0.266 e. The molecule has 2 aliphatic rings. The number of alkyl halides is 2. The minimum Gasteiger partial charge on any atom is -0.386 e. The van der Waals surface area contributed by atoms with Gasteiger partial charge >= 0.3 is 0 Å². The Labute approximate surface area is 193 Å². The van der Waals surface area contributed by atoms with Gasteiger partial charge in [0.15, 0.2) is 6.23 Å². The van der Waals surface area contributed by atoms with E-state index in [1.54, 1.807) is 23.8 Å². The van der Waals surface area contributed by atoms with Crippen molar-refractivity contribution in [2.75, 3.05) is 0 Å². The highest BCUT2D eigenvalue weighted by molar-refractivity contribution is 5.78. The molecule has 3 aromatic rings. The maximum absolute atomic E-state index is 14.8. The average Bonchev–Trinajstić information content (AvgIpc) is 3.33. The molecule has 0 bridgehead atoms. The number of ether oxygens (including phenoxy) is 1. The van der Waals surface area contributed by atoms with Gasteiger partial charge in [-0.05, 0) is 68.4 Å². The Morgan fingerprint density at radius 3 is 2.59 bits per heavy atom. The fourth-order valence-electron chi connectivity index (χ4n) is 5.28. The van der Waals surface area contributed by atoms with E-state index in [0.717, 1.165) is 23.6 Å². The molecular weight excluding hydrogens is 451 g/mol. The van der Waals surface area contributed by atoms with Gasteiger partial charge in [-0.1, -0.05) is 0 Å². The predicted molar refractivity (Wildman–Crippen MR) is 116 cm³/mol. The van der Waals surface area contributed by atoms with E-state index >= 15 is 0 Å². The highest BCUT2D eigenvalue weighted by atomic mass is 19.3. The minimum atomic E-state index is -3.06. The lowest BCUT2D eigenvalue weighted by molar-refractivity contribution is -0.115. The van der Waals surface area contributed by atoms with E-state index in [9.17, 15) is 28.5 Å². The second-order valence-corrected chi connectivity index (χ2v) is 9.32. The Morgan fingerprint density at radius 2 is 1.88 bits per heavy atom. The number of nitrogens with zero attached hydrogens (tertiary/aromatic N) is 3. The Balaban J connectivity index is 1.56. The van der Waals surface area contributed by atoms with Gasteiger partial charge in [0, 0.05) is 11.6 Å². The van der Waals surface area contributed by atoms with E-state index in [-0.39, 0.29) is 11.1 Å². The molecule has 3 N–H and O–H groups in total. The van der Waals surface area contributed by atoms with Crippen molar-refractivity contribution >= 4 is 11.0 Å². The van der Waals surface area contributed by atoms with Crippen LogP contribution in [-0.4, -0.2) is 47.7 Å². The highest BCUT2D eigenvalue weighted by Gasteiger charge is 2.56. The number of hydrogen-bond donors (Lipinski definition) is 3. The monoisotopic (exact) mass is 477 g/mol. The van der Waals surface area contributed by atoms with Gasteiger partial charge in [0.1, 0.15) is 41.7 Å². The lowest BCUT2D eigenvalue weighted by Crippen LogP contribution is -2.47. The SMILES string of the molecule is Cc1ncnc2c1ccn2[C@@H]1O[C@H]([C@@H](O)c2cc(C(F)F)c(F)c3c2CCCC3)[C@@](C)(O)[C@H]1O. The normalized spacial score (nSPS) is 28.0. The van der Waals surface area contributed by atoms with Crippen LogP contribution in [0.25, 0.3) is 11.0 Å². The van der Waals surface area contributed by atoms with Crippen molar-refractivity contribution in [3.8, 4) is 0 Å². The van der Waals surface area contributed by atoms with E-state index in [2.05, 4.69) is 9.97 Å². The predicted octanol–water partition coefficient (Wildman–Crippen LogP) is 3.44. The summed E-state index contributed by atoms with van der Waals surface area (Å²) in [7, 11) is 0. The Morgan fingerprint density at radius 1 is 1.18 bits per heavy atom. The molecule has 34 heavy (non-hydrogen) atoms. The molecule has 5 atom stereocenters. The number of benzene rings is 1. The average molecular weight is 477 g/mol. The van der Waals surface area contributed by atoms with Crippen molar-refractivity contribution in [2.24, 2.45) is 0 Å². The number of rotatable bonds is 4. The van der Waals surface area contributed by atoms with E-state index in [0.29, 0.717) is 30.5 Å². The number of aliphatic hydroxyl groups is 3. The topological polar surface area (TPSA) is 101 Å². The number of halogens is 3. The summed E-state index contributed by atoms with van der Waals surface area (Å²) in [5.74, 6) is -0.938. The minimum absolute atomic E-state index is 0.0973. The summed E-state index contributed by atoms with van der Waals surface area (Å²) in [5, 5.41) is 34.2. The smallest absolute Gasteiger partial charge is 0.266 e. The Bertz CT molecular complexity index is 1250. The van der Waals surface area contributed by atoms with Crippen LogP contribution in [0.5, 0.6) is 0 Å². The summed E-state index contributed by atoms with van der Waals surface area (Å²) >= 11 is 0. The number of fused-ring (bicyclic) bond motifs is 2. The van der Waals surface area contributed by atoms with Crippen molar-refractivity contribution < 1.29 is 33.2 Å². The van der Waals surface area contributed by atoms with Crippen LogP contribution in [0, 0.1) is 12.7 Å². The lowest BCUT2D eigenvalue weighted by atomic mass is 9.81. The van der Waals surface area contributed by atoms with Crippen LogP contribution in [0.4, 0.5) is 13.2 Å². The van der Waals surface area contributed by atoms with Gasteiger partial charge in [-0.2, -0.15) is 0 Å². The van der Waals surface area contributed by atoms with Crippen LogP contribution in [-0.2, 0) is 17.6 Å². The molecule has 0 spiro atoms. The fraction of sp³-hybridized carbons (Fsp3) is 0.500. The van der Waals surface area contributed by atoms with Gasteiger partial charge in [-0.3, -0.25) is 0 Å². The third-order valence-electron chi connectivity index (χ3n) is 7.20. The lowest BCUT2D eigenvalue weighted by Gasteiger charge is -2.32. The molecule has 3 heterocycles. The summed E-state index contributed by atoms with van der Waals surface area (Å²) in [6, 6.07) is 2.72. The van der Waals surface area contributed by atoms with Gasteiger partial charge in [-0.15, -0.1) is 0 Å². The molecule has 1 aliphatic heterocycles. The molecule has 1 fully saturated rings. The zero-order chi connectivity index (χ0) is 24.4. The molecule has 0 amide bonds. The first-order valence-electron chi connectivity index (χ1n) is 11.3. The van der Waals surface area contributed by atoms with E-state index in [4.69, 9.17) is 4.74 Å². The van der Waals surface area contributed by atoms with Crippen molar-refractivity contribution in [3.63, 3.8) is 0 Å². The molecule has 2 aromatic heterocycles. The third-order valence-corrected chi connectivity index (χ3v) is 7.20. The molecule has 0 saturated carbocycles. The number of aromatic nitrogens is 3. The van der Waals surface area contributed by atoms with Gasteiger partial charge in [0.25, 0.3) is 6.43 Å². The highest BCUT2D eigenvalue weighted by Crippen LogP contribution is 2.45. The fourth-order valence-corrected chi connectivity index (χ4v) is 5.28. The van der Waals surface area contributed by atoms with Gasteiger partial charge in [0.05, 0.1) is 11.3 Å². The first-order chi connectivity index (χ1) is 16.1. The first kappa shape index (κ1) is 23.2. The van der Waals surface area contributed by atoms with Crippen molar-refractivity contribution in [3.05, 3.63) is 58.4 Å². The zero-order valence-corrected chi connectivity index (χ0v) is 18.8. The molecule has 10 heteroatoms. The molecule has 7 nitrogen and oxygen atoms in total. The van der Waals surface area contributed by atoms with Crippen LogP contribution in [0.3, 0.4) is 0 Å². The molecule has 1 saturated heterocycles. The molecule has 1 aromatic carbocycles. The summed E-state index contributed by atoms with van der Waals surface area (Å²) < 4.78 is 49.5. The van der Waals surface area contributed by atoms with Crippen LogP contribution in [0.15, 0.2) is 24.7 Å². The first-order valence-corrected chi connectivity index (χ1v) is 11.3. The van der Waals surface area contributed by atoms with E-state index in [1.807, 2.05) is 0 Å². The maximum atomic E-state index is 14.8. The third kappa shape index (κ3) is 3.43. The number of aryl methyl sites for hydroxylation is 1. The van der Waals surface area contributed by atoms with Crippen molar-refractivity contribution in [2.45, 2.75) is 76.1 Å². The second-order valence-electron chi connectivity index (χ2n) is 9.32. The summed E-state index contributed by atoms with van der Waals surface area (Å²) in [6.07, 6.45) is -3.46. The van der Waals surface area contributed by atoms with E-state index < -0.39 is 47.9 Å². The van der Waals surface area contributed by atoms with Crippen LogP contribution >= 0.6 is 0 Å². The molecule has 0 unspecified atom stereocenters. The number of aliphatic hydroxyl groups excluding tert-OH is 2. The standard InChI is InChI=1S/C24H26F3N3O4/c1-11-12-7-8-30(22(12)29-10-28-11)23-19(32)24(2,33)20(34-23)18(31)15-9-16(21(26)27)17(25)14-6-4-3-5-13(14)15/h7-10,18-21,23,31-33H,3-6H2,1-2H3/t18-,19-,20+,23+,24-/m0/s1. The second kappa shape index (κ2) is 8.30. The van der Waals surface area contributed by atoms with E-state index in [1.165, 1.54) is 13.3 Å². The quantitative estimate of drug-likeness (QED) is 0.532. The van der Waals surface area contributed by atoms with Crippen LogP contribution < -0.4 is 0 Å². The Kier molecular flexibility index (Phi) is 5.67. The van der Waals surface area contributed by atoms with Gasteiger partial charge < -0.3 is 24.6 Å². The Hall–Kier alpha value is -2.53. The molecular formula is C24H26F3N3O4. The number of hydrogen-bond acceptors (Lipinski definition) is 6. The summed E-state index contributed by atoms with van der Waals surface area (Å²) in [6.45, 7) is 3.13. The largest absolute Gasteiger partial charge is 0.386 e. The molecule has 5 rings (SSSR count). The van der Waals surface area contributed by atoms with Gasteiger partial charge in [-0.25, -0.2) is 23.1 Å². The summed E-state index contributed by atoms with van der Waals surface area (Å²) in [5.41, 5.74) is -0.792. The zero-order valence-electron chi connectivity index (χ0n) is 18.8. The van der Waals surface area contributed by atoms with Gasteiger partial charge in [0.2, 0.25) is 0 Å². The van der Waals surface area contributed by atoms with Crippen molar-refractivity contribution in [1.82, 2.24) is 14.5 Å². The molecule has 1 aliphatic carbocycles. The van der Waals surface area contributed by atoms with Crippen LogP contribution in [0.1, 0.15) is 66.5 Å². The summed E-state index contributed by atoms with van der Waals surface area (Å²) in [4.78, 5) is 8.39. The van der Waals surface area contributed by atoms with Crippen molar-refractivity contribution in [1.29, 1.82) is 0 Å². The molecule has 182 valence electrons. The van der Waals surface area contributed by atoms with Crippen LogP contribution in [0.2, 0.25) is 0 Å². The molecule has 0 radical (unpaired) electrons.